The first kappa shape index (κ1) is 12.9. The Balaban J connectivity index is 2.12. The lowest BCUT2D eigenvalue weighted by atomic mass is 9.97. The summed E-state index contributed by atoms with van der Waals surface area (Å²) in [4.78, 5) is 22.5. The molecule has 0 aliphatic heterocycles. The first-order valence-electron chi connectivity index (χ1n) is 6.54. The fourth-order valence-electron chi connectivity index (χ4n) is 3.04. The number of imidazole rings is 1. The monoisotopic (exact) mass is 275 g/mol. The molecule has 1 aliphatic rings. The Morgan fingerprint density at radius 2 is 2.40 bits per heavy atom. The van der Waals surface area contributed by atoms with Crippen LogP contribution in [0.25, 0.3) is 11.2 Å². The van der Waals surface area contributed by atoms with E-state index in [1.54, 1.807) is 6.33 Å². The summed E-state index contributed by atoms with van der Waals surface area (Å²) in [6.07, 6.45) is 2.43. The van der Waals surface area contributed by atoms with Gasteiger partial charge in [0.05, 0.1) is 12.4 Å². The number of nitrogen functional groups attached to an aromatic ring is 1. The summed E-state index contributed by atoms with van der Waals surface area (Å²) < 4.78 is 1.83. The van der Waals surface area contributed by atoms with E-state index in [0.717, 1.165) is 12.0 Å². The van der Waals surface area contributed by atoms with Crippen LogP contribution in [0.15, 0.2) is 23.3 Å². The third kappa shape index (κ3) is 1.74. The maximum Gasteiger partial charge on any atom is 0.280 e. The van der Waals surface area contributed by atoms with Crippen LogP contribution in [0.3, 0.4) is 0 Å². The second-order valence-electron chi connectivity index (χ2n) is 5.37. The molecule has 4 N–H and O–H groups in total. The molecule has 7 nitrogen and oxygen atoms in total. The van der Waals surface area contributed by atoms with Crippen LogP contribution in [0.5, 0.6) is 0 Å². The van der Waals surface area contributed by atoms with Crippen LogP contribution in [0.1, 0.15) is 19.4 Å². The predicted octanol–water partition coefficient (Wildman–Crippen LogP) is 0.447. The molecule has 0 saturated heterocycles. The summed E-state index contributed by atoms with van der Waals surface area (Å²) in [6.45, 7) is 6.26. The third-order valence-corrected chi connectivity index (χ3v) is 4.17. The smallest absolute Gasteiger partial charge is 0.280 e. The lowest BCUT2D eigenvalue weighted by Gasteiger charge is -2.16. The molecule has 0 radical (unpaired) electrons. The van der Waals surface area contributed by atoms with Gasteiger partial charge < -0.3 is 15.4 Å². The van der Waals surface area contributed by atoms with Crippen LogP contribution in [0.4, 0.5) is 5.95 Å². The molecule has 1 aliphatic carbocycles. The van der Waals surface area contributed by atoms with Gasteiger partial charge in [-0.05, 0) is 17.9 Å². The van der Waals surface area contributed by atoms with Gasteiger partial charge in [-0.2, -0.15) is 4.98 Å². The number of nitrogens with two attached hydrogens (primary N) is 1. The van der Waals surface area contributed by atoms with Crippen LogP contribution in [0, 0.1) is 11.8 Å². The Bertz CT molecular complexity index is 732. The van der Waals surface area contributed by atoms with E-state index >= 15 is 0 Å². The van der Waals surface area contributed by atoms with E-state index < -0.39 is 0 Å². The molecule has 0 aromatic carbocycles. The molecule has 2 aromatic heterocycles. The van der Waals surface area contributed by atoms with E-state index in [0.29, 0.717) is 11.6 Å². The highest BCUT2D eigenvalue weighted by molar-refractivity contribution is 5.70. The fourth-order valence-corrected chi connectivity index (χ4v) is 3.04. The number of anilines is 1. The standard InChI is InChI=1S/C13H17N5O2/c1-6-3-9(7(2)8(6)4-19)18-5-15-10-11(18)16-13(14)17-12(10)20/h5-6,8-9,19H,2-4H2,1H3,(H3,14,16,17,20)/t6-,8+,9?/m0/s1. The van der Waals surface area contributed by atoms with E-state index in [1.807, 2.05) is 4.57 Å². The number of aromatic nitrogens is 4. The highest BCUT2D eigenvalue weighted by Gasteiger charge is 2.36. The molecule has 20 heavy (non-hydrogen) atoms. The number of rotatable bonds is 2. The normalized spacial score (nSPS) is 26.5. The molecule has 1 fully saturated rings. The van der Waals surface area contributed by atoms with Crippen molar-refractivity contribution >= 4 is 17.1 Å². The van der Waals surface area contributed by atoms with Crippen molar-refractivity contribution in [2.24, 2.45) is 11.8 Å². The number of nitrogens with one attached hydrogen (secondary N) is 1. The molecule has 0 spiro atoms. The molecule has 7 heteroatoms. The van der Waals surface area contributed by atoms with E-state index in [2.05, 4.69) is 28.5 Å². The summed E-state index contributed by atoms with van der Waals surface area (Å²) in [6, 6.07) is -0.0131. The number of fused-ring (bicyclic) bond motifs is 1. The Hall–Kier alpha value is -2.15. The number of aromatic amines is 1. The SMILES string of the molecule is C=C1C(n2cnc3c(=O)[nH]c(N)nc32)C[C@H](C)[C@H]1CO. The van der Waals surface area contributed by atoms with Gasteiger partial charge in [-0.15, -0.1) is 0 Å². The second-order valence-corrected chi connectivity index (χ2v) is 5.37. The molecule has 0 amide bonds. The molecular formula is C13H17N5O2. The summed E-state index contributed by atoms with van der Waals surface area (Å²) in [5.41, 5.74) is 6.93. The van der Waals surface area contributed by atoms with Crippen molar-refractivity contribution in [3.8, 4) is 0 Å². The van der Waals surface area contributed by atoms with Crippen molar-refractivity contribution in [2.75, 3.05) is 12.3 Å². The average Bonchev–Trinajstić information content (AvgIpc) is 2.91. The number of H-pyrrole nitrogens is 1. The maximum atomic E-state index is 11.8. The van der Waals surface area contributed by atoms with E-state index in [4.69, 9.17) is 5.73 Å². The average molecular weight is 275 g/mol. The highest BCUT2D eigenvalue weighted by Crippen LogP contribution is 2.43. The van der Waals surface area contributed by atoms with Crippen molar-refractivity contribution in [1.82, 2.24) is 19.5 Å². The number of nitrogens with zero attached hydrogens (tertiary/aromatic N) is 3. The third-order valence-electron chi connectivity index (χ3n) is 4.17. The van der Waals surface area contributed by atoms with Gasteiger partial charge >= 0.3 is 0 Å². The minimum absolute atomic E-state index is 0.0131. The zero-order valence-electron chi connectivity index (χ0n) is 11.2. The van der Waals surface area contributed by atoms with Crippen molar-refractivity contribution in [3.05, 3.63) is 28.8 Å². The zero-order valence-corrected chi connectivity index (χ0v) is 11.2. The first-order chi connectivity index (χ1) is 9.52. The first-order valence-corrected chi connectivity index (χ1v) is 6.54. The van der Waals surface area contributed by atoms with Gasteiger partial charge in [-0.25, -0.2) is 4.98 Å². The Labute approximate surface area is 115 Å². The molecule has 1 unspecified atom stereocenters. The number of hydrogen-bond donors (Lipinski definition) is 3. The van der Waals surface area contributed by atoms with Gasteiger partial charge in [-0.3, -0.25) is 9.78 Å². The van der Waals surface area contributed by atoms with Gasteiger partial charge in [0.25, 0.3) is 5.56 Å². The zero-order chi connectivity index (χ0) is 14.4. The Kier molecular flexibility index (Phi) is 2.86. The van der Waals surface area contributed by atoms with Gasteiger partial charge in [0.2, 0.25) is 5.95 Å². The molecule has 106 valence electrons. The maximum absolute atomic E-state index is 11.8. The summed E-state index contributed by atoms with van der Waals surface area (Å²) in [7, 11) is 0. The summed E-state index contributed by atoms with van der Waals surface area (Å²) >= 11 is 0. The molecule has 2 aromatic rings. The van der Waals surface area contributed by atoms with Crippen LogP contribution in [-0.4, -0.2) is 31.2 Å². The van der Waals surface area contributed by atoms with E-state index in [-0.39, 0.29) is 35.6 Å². The van der Waals surface area contributed by atoms with Crippen molar-refractivity contribution < 1.29 is 5.11 Å². The minimum atomic E-state index is -0.346. The Morgan fingerprint density at radius 1 is 1.65 bits per heavy atom. The quantitative estimate of drug-likeness (QED) is 0.689. The number of aliphatic hydroxyl groups excluding tert-OH is 1. The van der Waals surface area contributed by atoms with Gasteiger partial charge in [0.15, 0.2) is 11.2 Å². The van der Waals surface area contributed by atoms with Crippen molar-refractivity contribution in [3.63, 3.8) is 0 Å². The Morgan fingerprint density at radius 3 is 3.05 bits per heavy atom. The fraction of sp³-hybridized carbons (Fsp3) is 0.462. The topological polar surface area (TPSA) is 110 Å². The molecular weight excluding hydrogens is 258 g/mol. The molecule has 2 heterocycles. The molecule has 3 rings (SSSR count). The van der Waals surface area contributed by atoms with Crippen molar-refractivity contribution in [1.29, 1.82) is 0 Å². The van der Waals surface area contributed by atoms with Crippen LogP contribution < -0.4 is 11.3 Å². The lowest BCUT2D eigenvalue weighted by molar-refractivity contribution is 0.222. The van der Waals surface area contributed by atoms with Gasteiger partial charge in [0, 0.05) is 12.5 Å². The number of aliphatic hydroxyl groups is 1. The van der Waals surface area contributed by atoms with Crippen LogP contribution in [-0.2, 0) is 0 Å². The van der Waals surface area contributed by atoms with Gasteiger partial charge in [-0.1, -0.05) is 13.5 Å². The van der Waals surface area contributed by atoms with Crippen LogP contribution >= 0.6 is 0 Å². The molecule has 3 atom stereocenters. The second kappa shape index (κ2) is 4.45. The molecule has 1 saturated carbocycles. The molecule has 0 bridgehead atoms. The summed E-state index contributed by atoms with van der Waals surface area (Å²) in [5, 5.41) is 9.45. The van der Waals surface area contributed by atoms with E-state index in [9.17, 15) is 9.90 Å². The largest absolute Gasteiger partial charge is 0.396 e. The number of hydrogen-bond acceptors (Lipinski definition) is 5. The lowest BCUT2D eigenvalue weighted by Crippen LogP contribution is -2.14. The highest BCUT2D eigenvalue weighted by atomic mass is 16.3. The minimum Gasteiger partial charge on any atom is -0.396 e. The van der Waals surface area contributed by atoms with Crippen molar-refractivity contribution in [2.45, 2.75) is 19.4 Å². The van der Waals surface area contributed by atoms with Crippen LogP contribution in [0.2, 0.25) is 0 Å². The summed E-state index contributed by atoms with van der Waals surface area (Å²) in [5.74, 6) is 0.464. The predicted molar refractivity (Wildman–Crippen MR) is 75.1 cm³/mol. The van der Waals surface area contributed by atoms with E-state index in [1.165, 1.54) is 0 Å². The van der Waals surface area contributed by atoms with Gasteiger partial charge in [0.1, 0.15) is 0 Å².